The van der Waals surface area contributed by atoms with Crippen molar-refractivity contribution in [2.24, 2.45) is 4.99 Å². The molecule has 0 bridgehead atoms. The highest BCUT2D eigenvalue weighted by Gasteiger charge is 2.22. The Kier molecular flexibility index (Phi) is 1.61. The van der Waals surface area contributed by atoms with Crippen molar-refractivity contribution in [1.29, 1.82) is 0 Å². The third-order valence-electron chi connectivity index (χ3n) is 1.49. The van der Waals surface area contributed by atoms with Gasteiger partial charge in [-0.25, -0.2) is 0 Å². The van der Waals surface area contributed by atoms with Gasteiger partial charge in [0.05, 0.1) is 0 Å². The molecule has 0 spiro atoms. The molecule has 1 nitrogen and oxygen atoms in total. The Hall–Kier alpha value is 0.0200. The molecular weight excluding hydrogens is 118 g/mol. The highest BCUT2D eigenvalue weighted by atomic mass is 32.2. The van der Waals surface area contributed by atoms with Crippen LogP contribution in [0.1, 0.15) is 20.3 Å². The molecule has 0 aromatic carbocycles. The molecule has 0 radical (unpaired) electrons. The van der Waals surface area contributed by atoms with Crippen LogP contribution in [-0.4, -0.2) is 16.8 Å². The second kappa shape index (κ2) is 2.09. The van der Waals surface area contributed by atoms with E-state index in [4.69, 9.17) is 0 Å². The first-order chi connectivity index (χ1) is 3.77. The fourth-order valence-electron chi connectivity index (χ4n) is 0.678. The lowest BCUT2D eigenvalue weighted by atomic mass is 10.3. The van der Waals surface area contributed by atoms with Gasteiger partial charge in [0, 0.05) is 12.0 Å². The van der Waals surface area contributed by atoms with Crippen molar-refractivity contribution in [1.82, 2.24) is 0 Å². The molecule has 0 N–H and O–H groups in total. The molecule has 1 rings (SSSR count). The summed E-state index contributed by atoms with van der Waals surface area (Å²) in [7, 11) is 0. The number of hydrogen-bond acceptors (Lipinski definition) is 2. The zero-order chi connectivity index (χ0) is 6.04. The number of hydrogen-bond donors (Lipinski definition) is 0. The largest absolute Gasteiger partial charge is 0.279 e. The van der Waals surface area contributed by atoms with E-state index in [0.717, 1.165) is 12.2 Å². The minimum Gasteiger partial charge on any atom is -0.279 e. The summed E-state index contributed by atoms with van der Waals surface area (Å²) >= 11 is 1.92. The first kappa shape index (κ1) is 6.14. The van der Waals surface area contributed by atoms with Gasteiger partial charge in [0.25, 0.3) is 0 Å². The Morgan fingerprint density at radius 2 is 2.62 bits per heavy atom. The van der Waals surface area contributed by atoms with Crippen LogP contribution in [0.2, 0.25) is 0 Å². The molecule has 8 heavy (non-hydrogen) atoms. The van der Waals surface area contributed by atoms with Gasteiger partial charge >= 0.3 is 0 Å². The highest BCUT2D eigenvalue weighted by molar-refractivity contribution is 8.01. The summed E-state index contributed by atoms with van der Waals surface area (Å²) in [5.74, 6) is 1.10. The third-order valence-corrected chi connectivity index (χ3v) is 2.82. The van der Waals surface area contributed by atoms with Gasteiger partial charge in [0.15, 0.2) is 0 Å². The van der Waals surface area contributed by atoms with Crippen molar-refractivity contribution < 1.29 is 0 Å². The van der Waals surface area contributed by atoms with Gasteiger partial charge in [0.2, 0.25) is 0 Å². The van der Waals surface area contributed by atoms with Gasteiger partial charge in [-0.1, -0.05) is 6.92 Å². The minimum atomic E-state index is 0.222. The summed E-state index contributed by atoms with van der Waals surface area (Å²) in [4.78, 5) is 4.55. The summed E-state index contributed by atoms with van der Waals surface area (Å²) in [6.45, 7) is 4.36. The van der Waals surface area contributed by atoms with Gasteiger partial charge in [0.1, 0.15) is 4.87 Å². The summed E-state index contributed by atoms with van der Waals surface area (Å²) < 4.78 is 0. The van der Waals surface area contributed by atoms with E-state index in [1.54, 1.807) is 0 Å². The van der Waals surface area contributed by atoms with Crippen LogP contribution in [0, 0.1) is 0 Å². The van der Waals surface area contributed by atoms with E-state index in [0.29, 0.717) is 0 Å². The molecule has 1 heterocycles. The smallest absolute Gasteiger partial charge is 0.103 e. The quantitative estimate of drug-likeness (QED) is 0.527. The molecule has 1 atom stereocenters. The van der Waals surface area contributed by atoms with E-state index in [-0.39, 0.29) is 4.87 Å². The molecule has 0 saturated heterocycles. The lowest BCUT2D eigenvalue weighted by molar-refractivity contribution is 0.665. The maximum Gasteiger partial charge on any atom is 0.103 e. The Morgan fingerprint density at radius 3 is 2.88 bits per heavy atom. The number of rotatable bonds is 1. The van der Waals surface area contributed by atoms with Crippen molar-refractivity contribution in [3.63, 3.8) is 0 Å². The SMILES string of the molecule is CCC1(C)N=CCS1. The number of aliphatic imine (C=N–C) groups is 1. The fourth-order valence-corrected chi connectivity index (χ4v) is 1.54. The van der Waals surface area contributed by atoms with Crippen molar-refractivity contribution in [2.75, 3.05) is 5.75 Å². The van der Waals surface area contributed by atoms with Gasteiger partial charge in [-0.05, 0) is 13.3 Å². The summed E-state index contributed by atoms with van der Waals surface area (Å²) in [5, 5.41) is 0. The van der Waals surface area contributed by atoms with Gasteiger partial charge in [-0.2, -0.15) is 0 Å². The van der Waals surface area contributed by atoms with Crippen molar-refractivity contribution in [2.45, 2.75) is 25.1 Å². The lowest BCUT2D eigenvalue weighted by Crippen LogP contribution is -2.10. The van der Waals surface area contributed by atoms with Crippen molar-refractivity contribution >= 4 is 18.0 Å². The molecule has 0 amide bonds. The van der Waals surface area contributed by atoms with Crippen LogP contribution >= 0.6 is 11.8 Å². The Labute approximate surface area is 54.6 Å². The zero-order valence-electron chi connectivity index (χ0n) is 5.35. The highest BCUT2D eigenvalue weighted by Crippen LogP contribution is 2.32. The molecule has 1 aliphatic heterocycles. The van der Waals surface area contributed by atoms with E-state index in [9.17, 15) is 0 Å². The maximum absolute atomic E-state index is 4.32. The van der Waals surface area contributed by atoms with Gasteiger partial charge in [-0.3, -0.25) is 4.99 Å². The van der Waals surface area contributed by atoms with Crippen LogP contribution in [0.3, 0.4) is 0 Å². The summed E-state index contributed by atoms with van der Waals surface area (Å²) in [6.07, 6.45) is 3.16. The van der Waals surface area contributed by atoms with E-state index in [1.165, 1.54) is 0 Å². The minimum absolute atomic E-state index is 0.222. The van der Waals surface area contributed by atoms with E-state index in [1.807, 2.05) is 18.0 Å². The monoisotopic (exact) mass is 129 g/mol. The number of nitrogens with zero attached hydrogens (tertiary/aromatic N) is 1. The average molecular weight is 129 g/mol. The molecular formula is C6H11NS. The van der Waals surface area contributed by atoms with E-state index >= 15 is 0 Å². The normalized spacial score (nSPS) is 36.2. The molecule has 46 valence electrons. The molecule has 0 aromatic heterocycles. The standard InChI is InChI=1S/C6H11NS/c1-3-6(2)7-4-5-8-6/h4H,3,5H2,1-2H3. The number of thioether (sulfide) groups is 1. The maximum atomic E-state index is 4.32. The molecule has 1 aliphatic rings. The van der Waals surface area contributed by atoms with E-state index < -0.39 is 0 Å². The van der Waals surface area contributed by atoms with Crippen LogP contribution in [0.15, 0.2) is 4.99 Å². The van der Waals surface area contributed by atoms with Gasteiger partial charge in [-0.15, -0.1) is 11.8 Å². The van der Waals surface area contributed by atoms with Crippen LogP contribution in [-0.2, 0) is 0 Å². The molecule has 2 heteroatoms. The average Bonchev–Trinajstić information content (AvgIpc) is 2.17. The lowest BCUT2D eigenvalue weighted by Gasteiger charge is -2.15. The molecule has 0 saturated carbocycles. The van der Waals surface area contributed by atoms with Crippen LogP contribution in [0.25, 0.3) is 0 Å². The predicted molar refractivity (Wildman–Crippen MR) is 39.6 cm³/mol. The molecule has 0 aliphatic carbocycles. The molecule has 0 aromatic rings. The summed E-state index contributed by atoms with van der Waals surface area (Å²) in [5.41, 5.74) is 0. The van der Waals surface area contributed by atoms with E-state index in [2.05, 4.69) is 18.8 Å². The Bertz CT molecular complexity index is 111. The topological polar surface area (TPSA) is 12.4 Å². The molecule has 0 fully saturated rings. The third kappa shape index (κ3) is 1.05. The second-order valence-electron chi connectivity index (χ2n) is 2.15. The van der Waals surface area contributed by atoms with Crippen molar-refractivity contribution in [3.05, 3.63) is 0 Å². The molecule has 1 unspecified atom stereocenters. The van der Waals surface area contributed by atoms with Crippen LogP contribution in [0.5, 0.6) is 0 Å². The predicted octanol–water partition coefficient (Wildman–Crippen LogP) is 1.93. The first-order valence-corrected chi connectivity index (χ1v) is 3.93. The van der Waals surface area contributed by atoms with Crippen LogP contribution in [0.4, 0.5) is 0 Å². The van der Waals surface area contributed by atoms with Crippen LogP contribution < -0.4 is 0 Å². The van der Waals surface area contributed by atoms with Gasteiger partial charge < -0.3 is 0 Å². The Morgan fingerprint density at radius 1 is 1.88 bits per heavy atom. The Balaban J connectivity index is 2.54. The van der Waals surface area contributed by atoms with Crippen molar-refractivity contribution in [3.8, 4) is 0 Å². The summed E-state index contributed by atoms with van der Waals surface area (Å²) in [6, 6.07) is 0. The second-order valence-corrected chi connectivity index (χ2v) is 3.65. The first-order valence-electron chi connectivity index (χ1n) is 2.94. The fraction of sp³-hybridized carbons (Fsp3) is 0.833. The zero-order valence-corrected chi connectivity index (χ0v) is 6.16.